The van der Waals surface area contributed by atoms with E-state index in [4.69, 9.17) is 16.7 Å². The second-order valence-corrected chi connectivity index (χ2v) is 6.94. The minimum absolute atomic E-state index is 0.0929. The summed E-state index contributed by atoms with van der Waals surface area (Å²) < 4.78 is 0. The van der Waals surface area contributed by atoms with Crippen LogP contribution in [0.15, 0.2) is 41.6 Å². The van der Waals surface area contributed by atoms with Crippen molar-refractivity contribution in [2.24, 2.45) is 0 Å². The third-order valence-electron chi connectivity index (χ3n) is 3.58. The van der Waals surface area contributed by atoms with Crippen molar-refractivity contribution >= 4 is 40.4 Å². The third-order valence-corrected chi connectivity index (χ3v) is 4.77. The fraction of sp³-hybridized carbons (Fsp3) is 0.158. The van der Waals surface area contributed by atoms with Gasteiger partial charge in [0.15, 0.2) is 5.16 Å². The highest BCUT2D eigenvalue weighted by Crippen LogP contribution is 2.25. The van der Waals surface area contributed by atoms with Crippen LogP contribution < -0.4 is 0 Å². The monoisotopic (exact) mass is 370 g/mol. The number of fused-ring (bicyclic) bond motifs is 1. The minimum Gasteiger partial charge on any atom is -0.481 e. The number of aliphatic carboxylic acids is 1. The number of carbonyl (C=O) groups is 1. The molecule has 3 rings (SSSR count). The lowest BCUT2D eigenvalue weighted by molar-refractivity contribution is -0.136. The molecule has 0 aliphatic heterocycles. The number of carboxylic acids is 1. The number of nitrogens with one attached hydrogen (secondary N) is 1. The van der Waals surface area contributed by atoms with Gasteiger partial charge in [-0.1, -0.05) is 53.4 Å². The normalized spacial score (nSPS) is 10.5. The van der Waals surface area contributed by atoms with E-state index in [1.165, 1.54) is 11.8 Å². The number of benzene rings is 2. The first-order valence-corrected chi connectivity index (χ1v) is 9.01. The van der Waals surface area contributed by atoms with E-state index in [1.807, 2.05) is 37.3 Å². The lowest BCUT2D eigenvalue weighted by atomic mass is 10.1. The van der Waals surface area contributed by atoms with Gasteiger partial charge in [-0.3, -0.25) is 4.79 Å². The average Bonchev–Trinajstić information content (AvgIpc) is 2.95. The Hall–Kier alpha value is -2.42. The third kappa shape index (κ3) is 4.36. The van der Waals surface area contributed by atoms with Crippen molar-refractivity contribution in [1.29, 1.82) is 0 Å². The quantitative estimate of drug-likeness (QED) is 0.524. The fourth-order valence-corrected chi connectivity index (χ4v) is 3.28. The molecule has 126 valence electrons. The molecule has 0 radical (unpaired) electrons. The van der Waals surface area contributed by atoms with Crippen molar-refractivity contribution in [3.63, 3.8) is 0 Å². The smallest absolute Gasteiger partial charge is 0.304 e. The molecule has 0 atom stereocenters. The van der Waals surface area contributed by atoms with Gasteiger partial charge in [-0.05, 0) is 30.7 Å². The topological polar surface area (TPSA) is 66.0 Å². The SMILES string of the molecule is Cc1ccccc1C#Cc1cc2[nH]c(SCCC(=O)O)nc2cc1Cl. The van der Waals surface area contributed by atoms with Crippen LogP contribution in [0.1, 0.15) is 23.1 Å². The number of nitrogens with zero attached hydrogens (tertiary/aromatic N) is 1. The van der Waals surface area contributed by atoms with Gasteiger partial charge in [0.05, 0.1) is 22.5 Å². The molecule has 25 heavy (non-hydrogen) atoms. The maximum Gasteiger partial charge on any atom is 0.304 e. The van der Waals surface area contributed by atoms with Gasteiger partial charge in [-0.15, -0.1) is 0 Å². The van der Waals surface area contributed by atoms with Gasteiger partial charge in [0.25, 0.3) is 0 Å². The Morgan fingerprint density at radius 1 is 1.28 bits per heavy atom. The lowest BCUT2D eigenvalue weighted by Gasteiger charge is -1.97. The van der Waals surface area contributed by atoms with E-state index >= 15 is 0 Å². The first kappa shape index (κ1) is 17.4. The van der Waals surface area contributed by atoms with Gasteiger partial charge < -0.3 is 10.1 Å². The van der Waals surface area contributed by atoms with Gasteiger partial charge in [-0.25, -0.2) is 4.98 Å². The van der Waals surface area contributed by atoms with Gasteiger partial charge in [0, 0.05) is 16.9 Å². The maximum absolute atomic E-state index is 10.6. The predicted octanol–water partition coefficient (Wildman–Crippen LogP) is 4.49. The van der Waals surface area contributed by atoms with E-state index < -0.39 is 5.97 Å². The molecule has 1 heterocycles. The van der Waals surface area contributed by atoms with Crippen molar-refractivity contribution in [3.05, 3.63) is 58.1 Å². The Morgan fingerprint density at radius 2 is 2.04 bits per heavy atom. The number of H-pyrrole nitrogens is 1. The molecular formula is C19H15ClN2O2S. The van der Waals surface area contributed by atoms with Crippen molar-refractivity contribution in [3.8, 4) is 11.8 Å². The second kappa shape index (κ2) is 7.64. The molecule has 1 aromatic heterocycles. The highest BCUT2D eigenvalue weighted by atomic mass is 35.5. The average molecular weight is 371 g/mol. The van der Waals surface area contributed by atoms with Crippen LogP contribution >= 0.6 is 23.4 Å². The summed E-state index contributed by atoms with van der Waals surface area (Å²) in [7, 11) is 0. The number of aryl methyl sites for hydroxylation is 1. The van der Waals surface area contributed by atoms with E-state index in [0.717, 1.165) is 27.7 Å². The lowest BCUT2D eigenvalue weighted by Crippen LogP contribution is -1.95. The summed E-state index contributed by atoms with van der Waals surface area (Å²) in [5.74, 6) is 5.91. The van der Waals surface area contributed by atoms with E-state index in [1.54, 1.807) is 6.07 Å². The largest absolute Gasteiger partial charge is 0.481 e. The molecule has 0 fully saturated rings. The Balaban J connectivity index is 1.86. The van der Waals surface area contributed by atoms with Crippen LogP contribution in [0.4, 0.5) is 0 Å². The van der Waals surface area contributed by atoms with E-state index in [-0.39, 0.29) is 6.42 Å². The number of thioether (sulfide) groups is 1. The van der Waals surface area contributed by atoms with Crippen molar-refractivity contribution in [1.82, 2.24) is 9.97 Å². The molecule has 0 aliphatic carbocycles. The fourth-order valence-electron chi connectivity index (χ4n) is 2.25. The number of carboxylic acid groups (broad SMARTS) is 1. The van der Waals surface area contributed by atoms with E-state index in [0.29, 0.717) is 15.9 Å². The molecule has 2 N–H and O–H groups in total. The van der Waals surface area contributed by atoms with Crippen molar-refractivity contribution < 1.29 is 9.90 Å². The first-order valence-electron chi connectivity index (χ1n) is 7.64. The Morgan fingerprint density at radius 3 is 2.80 bits per heavy atom. The van der Waals surface area contributed by atoms with Crippen molar-refractivity contribution in [2.45, 2.75) is 18.5 Å². The molecule has 0 spiro atoms. The standard InChI is InChI=1S/C19H15ClN2O2S/c1-12-4-2-3-5-13(12)6-7-14-10-16-17(11-15(14)20)22-19(21-16)25-9-8-18(23)24/h2-5,10-11H,8-9H2,1H3,(H,21,22)(H,23,24). The summed E-state index contributed by atoms with van der Waals surface area (Å²) >= 11 is 7.70. The zero-order valence-electron chi connectivity index (χ0n) is 13.5. The summed E-state index contributed by atoms with van der Waals surface area (Å²) in [5, 5.41) is 9.92. The highest BCUT2D eigenvalue weighted by Gasteiger charge is 2.08. The number of aromatic amines is 1. The van der Waals surface area contributed by atoms with Crippen molar-refractivity contribution in [2.75, 3.05) is 5.75 Å². The molecule has 0 saturated carbocycles. The predicted molar refractivity (Wildman–Crippen MR) is 101 cm³/mol. The molecule has 6 heteroatoms. The Bertz CT molecular complexity index is 1000. The van der Waals surface area contributed by atoms with Crippen LogP contribution in [0.25, 0.3) is 11.0 Å². The maximum atomic E-state index is 10.6. The summed E-state index contributed by atoms with van der Waals surface area (Å²) in [6, 6.07) is 11.6. The molecule has 0 aliphatic rings. The van der Waals surface area contributed by atoms with Gasteiger partial charge in [-0.2, -0.15) is 0 Å². The van der Waals surface area contributed by atoms with Crippen LogP contribution in [-0.2, 0) is 4.79 Å². The first-order chi connectivity index (χ1) is 12.0. The molecule has 0 bridgehead atoms. The van der Waals surface area contributed by atoms with Crippen LogP contribution in [0.5, 0.6) is 0 Å². The summed E-state index contributed by atoms with van der Waals surface area (Å²) in [6.45, 7) is 2.02. The van der Waals surface area contributed by atoms with Gasteiger partial charge in [0.1, 0.15) is 0 Å². The number of halogens is 1. The summed E-state index contributed by atoms with van der Waals surface area (Å²) in [4.78, 5) is 18.2. The number of aromatic nitrogens is 2. The molecular weight excluding hydrogens is 356 g/mol. The molecule has 4 nitrogen and oxygen atoms in total. The molecule has 0 unspecified atom stereocenters. The highest BCUT2D eigenvalue weighted by molar-refractivity contribution is 7.99. The molecule has 0 saturated heterocycles. The number of hydrogen-bond acceptors (Lipinski definition) is 3. The summed E-state index contributed by atoms with van der Waals surface area (Å²) in [6.07, 6.45) is 0.0929. The van der Waals surface area contributed by atoms with Gasteiger partial charge in [0.2, 0.25) is 0 Å². The molecule has 2 aromatic carbocycles. The number of hydrogen-bond donors (Lipinski definition) is 2. The Labute approximate surface area is 154 Å². The molecule has 0 amide bonds. The number of rotatable bonds is 4. The minimum atomic E-state index is -0.819. The van der Waals surface area contributed by atoms with E-state index in [9.17, 15) is 4.79 Å². The van der Waals surface area contributed by atoms with Crippen LogP contribution in [-0.4, -0.2) is 26.8 Å². The summed E-state index contributed by atoms with van der Waals surface area (Å²) in [5.41, 5.74) is 4.38. The molecule has 3 aromatic rings. The number of imidazole rings is 1. The zero-order valence-corrected chi connectivity index (χ0v) is 15.0. The van der Waals surface area contributed by atoms with E-state index in [2.05, 4.69) is 21.8 Å². The second-order valence-electron chi connectivity index (χ2n) is 5.45. The van der Waals surface area contributed by atoms with Gasteiger partial charge >= 0.3 is 5.97 Å². The Kier molecular flexibility index (Phi) is 5.32. The van der Waals surface area contributed by atoms with Crippen LogP contribution in [0.2, 0.25) is 5.02 Å². The van der Waals surface area contributed by atoms with Crippen LogP contribution in [0.3, 0.4) is 0 Å². The zero-order chi connectivity index (χ0) is 17.8. The van der Waals surface area contributed by atoms with Crippen LogP contribution in [0, 0.1) is 18.8 Å².